The van der Waals surface area contributed by atoms with Crippen molar-refractivity contribution < 1.29 is 0 Å². The van der Waals surface area contributed by atoms with E-state index in [1.54, 1.807) is 11.3 Å². The van der Waals surface area contributed by atoms with E-state index in [0.717, 1.165) is 6.54 Å². The van der Waals surface area contributed by atoms with Crippen LogP contribution in [-0.2, 0) is 6.54 Å². The fraction of sp³-hybridized carbons (Fsp3) is 0.824. The quantitative estimate of drug-likeness (QED) is 0.807. The van der Waals surface area contributed by atoms with Crippen molar-refractivity contribution in [2.24, 2.45) is 5.41 Å². The molecular formula is C17H31Cl2N3S. The molecule has 1 aromatic rings. The summed E-state index contributed by atoms with van der Waals surface area (Å²) in [6.07, 6.45) is 8.32. The Balaban J connectivity index is 0.00000132. The fourth-order valence-corrected chi connectivity index (χ4v) is 4.64. The summed E-state index contributed by atoms with van der Waals surface area (Å²) >= 11 is 1.80. The van der Waals surface area contributed by atoms with Crippen molar-refractivity contribution in [3.63, 3.8) is 0 Å². The molecule has 2 heterocycles. The lowest BCUT2D eigenvalue weighted by Crippen LogP contribution is -2.43. The van der Waals surface area contributed by atoms with Gasteiger partial charge in [-0.25, -0.2) is 4.98 Å². The van der Waals surface area contributed by atoms with Gasteiger partial charge in [-0.1, -0.05) is 13.8 Å². The lowest BCUT2D eigenvalue weighted by Gasteiger charge is -2.43. The Kier molecular flexibility index (Phi) is 8.81. The maximum Gasteiger partial charge on any atom is 0.0954 e. The molecule has 1 aliphatic heterocycles. The highest BCUT2D eigenvalue weighted by atomic mass is 35.5. The third kappa shape index (κ3) is 5.57. The molecule has 1 aliphatic carbocycles. The molecule has 0 atom stereocenters. The highest BCUT2D eigenvalue weighted by molar-refractivity contribution is 7.09. The first kappa shape index (κ1) is 21.2. The van der Waals surface area contributed by atoms with Crippen LogP contribution in [-0.4, -0.2) is 24.1 Å². The molecule has 2 aliphatic rings. The number of hydrogen-bond donors (Lipinski definition) is 2. The number of halogens is 2. The largest absolute Gasteiger partial charge is 0.317 e. The molecule has 2 N–H and O–H groups in total. The van der Waals surface area contributed by atoms with Crippen molar-refractivity contribution in [3.8, 4) is 0 Å². The number of piperidine rings is 1. The van der Waals surface area contributed by atoms with Gasteiger partial charge in [0.25, 0.3) is 0 Å². The van der Waals surface area contributed by atoms with E-state index in [-0.39, 0.29) is 24.8 Å². The lowest BCUT2D eigenvalue weighted by atomic mass is 9.67. The monoisotopic (exact) mass is 379 g/mol. The van der Waals surface area contributed by atoms with Gasteiger partial charge in [-0.15, -0.1) is 36.2 Å². The third-order valence-electron chi connectivity index (χ3n) is 5.35. The summed E-state index contributed by atoms with van der Waals surface area (Å²) in [4.78, 5) is 4.73. The minimum Gasteiger partial charge on any atom is -0.317 e. The van der Waals surface area contributed by atoms with Gasteiger partial charge in [0.2, 0.25) is 0 Å². The van der Waals surface area contributed by atoms with Crippen molar-refractivity contribution in [1.29, 1.82) is 0 Å². The topological polar surface area (TPSA) is 37.0 Å². The number of hydrogen-bond acceptors (Lipinski definition) is 4. The van der Waals surface area contributed by atoms with Crippen molar-refractivity contribution in [3.05, 3.63) is 16.1 Å². The van der Waals surface area contributed by atoms with E-state index in [1.165, 1.54) is 62.3 Å². The molecule has 6 heteroatoms. The summed E-state index contributed by atoms with van der Waals surface area (Å²) < 4.78 is 0. The number of aromatic nitrogens is 1. The normalized spacial score (nSPS) is 21.0. The van der Waals surface area contributed by atoms with Crippen LogP contribution in [0.1, 0.15) is 69.0 Å². The predicted octanol–water partition coefficient (Wildman–Crippen LogP) is 4.51. The zero-order chi connectivity index (χ0) is 14.7. The van der Waals surface area contributed by atoms with Crippen LogP contribution in [0.5, 0.6) is 0 Å². The highest BCUT2D eigenvalue weighted by Crippen LogP contribution is 2.43. The molecule has 1 saturated heterocycles. The second-order valence-electron chi connectivity index (χ2n) is 7.24. The number of nitrogens with zero attached hydrogens (tertiary/aromatic N) is 1. The second kappa shape index (κ2) is 9.57. The average Bonchev–Trinajstić information content (AvgIpc) is 2.97. The smallest absolute Gasteiger partial charge is 0.0954 e. The summed E-state index contributed by atoms with van der Waals surface area (Å²) in [6.45, 7) is 7.84. The number of nitrogens with one attached hydrogen (secondary N) is 2. The molecule has 1 spiro atoms. The van der Waals surface area contributed by atoms with Crippen molar-refractivity contribution in [2.45, 2.75) is 70.9 Å². The maximum atomic E-state index is 4.73. The lowest BCUT2D eigenvalue weighted by molar-refractivity contribution is 0.115. The Morgan fingerprint density at radius 1 is 1.22 bits per heavy atom. The zero-order valence-corrected chi connectivity index (χ0v) is 16.7. The van der Waals surface area contributed by atoms with E-state index in [1.807, 2.05) is 0 Å². The molecule has 0 amide bonds. The number of rotatable bonds is 4. The molecule has 0 aromatic carbocycles. The fourth-order valence-electron chi connectivity index (χ4n) is 3.81. The molecule has 2 fully saturated rings. The van der Waals surface area contributed by atoms with Gasteiger partial charge in [-0.3, -0.25) is 0 Å². The van der Waals surface area contributed by atoms with Gasteiger partial charge in [-0.2, -0.15) is 0 Å². The zero-order valence-electron chi connectivity index (χ0n) is 14.3. The molecule has 134 valence electrons. The summed E-state index contributed by atoms with van der Waals surface area (Å²) in [7, 11) is 0. The Hall–Kier alpha value is 0.130. The Bertz CT molecular complexity index is 448. The van der Waals surface area contributed by atoms with Gasteiger partial charge < -0.3 is 10.6 Å². The van der Waals surface area contributed by atoms with Crippen LogP contribution in [0, 0.1) is 5.41 Å². The van der Waals surface area contributed by atoms with Gasteiger partial charge in [0, 0.05) is 23.9 Å². The van der Waals surface area contributed by atoms with E-state index in [4.69, 9.17) is 4.98 Å². The average molecular weight is 380 g/mol. The first-order chi connectivity index (χ1) is 10.2. The standard InChI is InChI=1S/C17H29N3S.2ClH/c1-13(2)16-20-15(12-21-16)11-19-14-3-5-17(6-4-14)7-9-18-10-8-17;;/h12-14,18-19H,3-11H2,1-2H3;2*1H. The van der Waals surface area contributed by atoms with Crippen LogP contribution in [0.2, 0.25) is 0 Å². The van der Waals surface area contributed by atoms with Crippen molar-refractivity contribution >= 4 is 36.2 Å². The maximum absolute atomic E-state index is 4.73. The van der Waals surface area contributed by atoms with Crippen LogP contribution in [0.3, 0.4) is 0 Å². The Morgan fingerprint density at radius 2 is 1.87 bits per heavy atom. The first-order valence-electron chi connectivity index (χ1n) is 8.55. The summed E-state index contributed by atoms with van der Waals surface area (Å²) in [5.74, 6) is 0.554. The van der Waals surface area contributed by atoms with Crippen molar-refractivity contribution in [1.82, 2.24) is 15.6 Å². The van der Waals surface area contributed by atoms with Gasteiger partial charge in [0.15, 0.2) is 0 Å². The molecular weight excluding hydrogens is 349 g/mol. The summed E-state index contributed by atoms with van der Waals surface area (Å²) in [5.41, 5.74) is 1.90. The molecule has 0 bridgehead atoms. The number of thiazole rings is 1. The molecule has 0 unspecified atom stereocenters. The van der Waals surface area contributed by atoms with E-state index >= 15 is 0 Å². The van der Waals surface area contributed by atoms with Crippen LogP contribution in [0.15, 0.2) is 5.38 Å². The predicted molar refractivity (Wildman–Crippen MR) is 104 cm³/mol. The van der Waals surface area contributed by atoms with E-state index in [2.05, 4.69) is 29.9 Å². The van der Waals surface area contributed by atoms with Crippen LogP contribution >= 0.6 is 36.2 Å². The van der Waals surface area contributed by atoms with E-state index in [0.29, 0.717) is 17.4 Å². The van der Waals surface area contributed by atoms with Gasteiger partial charge >= 0.3 is 0 Å². The van der Waals surface area contributed by atoms with Gasteiger partial charge in [-0.05, 0) is 57.0 Å². The van der Waals surface area contributed by atoms with Crippen LogP contribution in [0.4, 0.5) is 0 Å². The van der Waals surface area contributed by atoms with Gasteiger partial charge in [0.1, 0.15) is 0 Å². The molecule has 23 heavy (non-hydrogen) atoms. The van der Waals surface area contributed by atoms with E-state index < -0.39 is 0 Å². The SMILES string of the molecule is CC(C)c1nc(CNC2CCC3(CCNCC3)CC2)cs1.Cl.Cl. The van der Waals surface area contributed by atoms with Crippen molar-refractivity contribution in [2.75, 3.05) is 13.1 Å². The summed E-state index contributed by atoms with van der Waals surface area (Å²) in [6, 6.07) is 0.703. The first-order valence-corrected chi connectivity index (χ1v) is 9.43. The van der Waals surface area contributed by atoms with Crippen LogP contribution in [0.25, 0.3) is 0 Å². The second-order valence-corrected chi connectivity index (χ2v) is 8.13. The van der Waals surface area contributed by atoms with E-state index in [9.17, 15) is 0 Å². The summed E-state index contributed by atoms with van der Waals surface area (Å²) in [5, 5.41) is 10.7. The minimum absolute atomic E-state index is 0. The molecule has 1 aromatic heterocycles. The van der Waals surface area contributed by atoms with Gasteiger partial charge in [0.05, 0.1) is 10.7 Å². The Labute approximate surface area is 157 Å². The molecule has 0 radical (unpaired) electrons. The molecule has 1 saturated carbocycles. The highest BCUT2D eigenvalue weighted by Gasteiger charge is 2.35. The molecule has 3 nitrogen and oxygen atoms in total. The molecule has 3 rings (SSSR count). The third-order valence-corrected chi connectivity index (χ3v) is 6.54. The minimum atomic E-state index is 0. The van der Waals surface area contributed by atoms with Crippen LogP contribution < -0.4 is 10.6 Å². The Morgan fingerprint density at radius 3 is 2.43 bits per heavy atom.